The summed E-state index contributed by atoms with van der Waals surface area (Å²) in [4.78, 5) is 53.2. The molecule has 2 aliphatic heterocycles. The molecule has 18 heteroatoms. The van der Waals surface area contributed by atoms with E-state index < -0.39 is 62.2 Å². The molecule has 0 unspecified atom stereocenters. The minimum Gasteiger partial charge on any atom is -0.496 e. The third kappa shape index (κ3) is 6.97. The summed E-state index contributed by atoms with van der Waals surface area (Å²) < 4.78 is 79.8. The van der Waals surface area contributed by atoms with E-state index in [1.807, 2.05) is 12.2 Å². The lowest BCUT2D eigenvalue weighted by Crippen LogP contribution is -2.58. The van der Waals surface area contributed by atoms with Gasteiger partial charge in [-0.15, -0.1) is 11.3 Å². The van der Waals surface area contributed by atoms with Crippen LogP contribution in [0, 0.1) is 12.8 Å². The van der Waals surface area contributed by atoms with Gasteiger partial charge in [0.15, 0.2) is 5.69 Å². The van der Waals surface area contributed by atoms with E-state index in [0.29, 0.717) is 54.4 Å². The SMILES string of the molecule is COc1ccc2c(O[C@H]3C[C@H]4C(=O)N(C)CCCC/C=C/[C@@H]5C[C@@]5(C(=O)NS(=O)(=O)C5(C)CC5)NC(=O)N4C3)cc(-c3nc(C(F)(F)F)cs3)nc2c1C. The number of carbonyl (C=O) groups excluding carboxylic acids is 3. The van der Waals surface area contributed by atoms with Crippen molar-refractivity contribution in [3.05, 3.63) is 47.0 Å². The highest BCUT2D eigenvalue weighted by Crippen LogP contribution is 2.48. The number of aromatic nitrogens is 2. The van der Waals surface area contributed by atoms with Crippen LogP contribution in [0.5, 0.6) is 11.5 Å². The molecule has 13 nitrogen and oxygen atoms in total. The van der Waals surface area contributed by atoms with Gasteiger partial charge in [0, 0.05) is 48.3 Å². The maximum Gasteiger partial charge on any atom is 0.434 e. The van der Waals surface area contributed by atoms with Crippen molar-refractivity contribution in [2.24, 2.45) is 5.92 Å². The van der Waals surface area contributed by atoms with Crippen LogP contribution in [0.1, 0.15) is 63.1 Å². The molecule has 2 aliphatic carbocycles. The summed E-state index contributed by atoms with van der Waals surface area (Å²) in [5.74, 6) is -0.856. The fraction of sp³-hybridized carbons (Fsp3) is 0.528. The third-order valence-electron chi connectivity index (χ3n) is 10.9. The standard InChI is InChI=1S/C36H41F3N6O7S2/c1-20-26(51-4)11-10-23-27(16-24(40-29(20)23)30-41-28(19-53-30)36(37,38)39)52-22-15-25-31(46)44(3)14-8-6-5-7-9-21-17-35(21,42-33(48)45(25)18-22)32(47)43-54(49,50)34(2)12-13-34/h7,9-11,16,19,21-22,25H,5-6,8,12-15,17-18H2,1-4H3,(H,42,48)(H,43,47)/b9-7+/t21-,22+,25+,35-/m1/s1. The molecule has 0 spiro atoms. The average molecular weight is 791 g/mol. The van der Waals surface area contributed by atoms with Gasteiger partial charge < -0.3 is 24.6 Å². The van der Waals surface area contributed by atoms with Crippen LogP contribution in [0.4, 0.5) is 18.0 Å². The molecule has 4 amide bonds. The second-order valence-corrected chi connectivity index (χ2v) is 17.8. The van der Waals surface area contributed by atoms with E-state index in [1.165, 1.54) is 18.1 Å². The van der Waals surface area contributed by atoms with Crippen molar-refractivity contribution in [3.63, 3.8) is 0 Å². The summed E-state index contributed by atoms with van der Waals surface area (Å²) in [6, 6.07) is 3.21. The fourth-order valence-electron chi connectivity index (χ4n) is 7.11. The number of nitrogens with zero attached hydrogens (tertiary/aromatic N) is 4. The van der Waals surface area contributed by atoms with Crippen LogP contribution >= 0.6 is 11.3 Å². The van der Waals surface area contributed by atoms with Crippen LogP contribution < -0.4 is 19.5 Å². The van der Waals surface area contributed by atoms with Crippen LogP contribution in [0.25, 0.3) is 21.6 Å². The lowest BCUT2D eigenvalue weighted by molar-refractivity contribution is -0.140. The first-order valence-corrected chi connectivity index (χ1v) is 20.1. The van der Waals surface area contributed by atoms with Crippen molar-refractivity contribution in [3.8, 4) is 22.2 Å². The van der Waals surface area contributed by atoms with E-state index in [1.54, 1.807) is 37.9 Å². The fourth-order valence-corrected chi connectivity index (χ4v) is 9.21. The van der Waals surface area contributed by atoms with Gasteiger partial charge in [0.2, 0.25) is 15.9 Å². The molecule has 2 aromatic heterocycles. The second-order valence-electron chi connectivity index (χ2n) is 14.8. The number of hydrogen-bond donors (Lipinski definition) is 2. The molecule has 0 radical (unpaired) electrons. The number of rotatable bonds is 7. The first-order chi connectivity index (χ1) is 25.5. The van der Waals surface area contributed by atoms with Gasteiger partial charge in [0.1, 0.15) is 39.9 Å². The molecule has 290 valence electrons. The number of amides is 4. The first-order valence-electron chi connectivity index (χ1n) is 17.7. The van der Waals surface area contributed by atoms with Crippen LogP contribution in [0.2, 0.25) is 0 Å². The third-order valence-corrected chi connectivity index (χ3v) is 13.9. The number of sulfonamides is 1. The van der Waals surface area contributed by atoms with Gasteiger partial charge in [-0.1, -0.05) is 12.2 Å². The van der Waals surface area contributed by atoms with E-state index in [-0.39, 0.29) is 41.7 Å². The van der Waals surface area contributed by atoms with Gasteiger partial charge in [-0.25, -0.2) is 23.2 Å². The monoisotopic (exact) mass is 790 g/mol. The quantitative estimate of drug-likeness (QED) is 0.308. The number of carbonyl (C=O) groups is 3. The minimum absolute atomic E-state index is 0.0186. The molecular weight excluding hydrogens is 750 g/mol. The Morgan fingerprint density at radius 3 is 2.59 bits per heavy atom. The first kappa shape index (κ1) is 37.8. The molecule has 1 aromatic carbocycles. The molecule has 3 fully saturated rings. The van der Waals surface area contributed by atoms with Crippen molar-refractivity contribution in [2.45, 2.75) is 87.4 Å². The zero-order valence-electron chi connectivity index (χ0n) is 30.2. The smallest absolute Gasteiger partial charge is 0.434 e. The number of halogens is 3. The number of likely N-dealkylation sites (N-methyl/N-ethyl adjacent to an activating group) is 1. The zero-order valence-corrected chi connectivity index (χ0v) is 31.8. The number of aryl methyl sites for hydroxylation is 1. The molecule has 0 bridgehead atoms. The molecule has 4 aliphatic rings. The molecule has 4 atom stereocenters. The molecule has 3 aromatic rings. The van der Waals surface area contributed by atoms with Gasteiger partial charge in [0.05, 0.1) is 23.9 Å². The Balaban J connectivity index is 1.21. The van der Waals surface area contributed by atoms with Gasteiger partial charge in [-0.2, -0.15) is 13.2 Å². The van der Waals surface area contributed by atoms with Crippen LogP contribution in [0.3, 0.4) is 0 Å². The number of fused-ring (bicyclic) bond motifs is 3. The Kier molecular flexibility index (Phi) is 9.59. The largest absolute Gasteiger partial charge is 0.496 e. The van der Waals surface area contributed by atoms with Crippen molar-refractivity contribution < 1.29 is 45.4 Å². The Morgan fingerprint density at radius 1 is 1.15 bits per heavy atom. The van der Waals surface area contributed by atoms with Crippen molar-refractivity contribution in [1.29, 1.82) is 0 Å². The van der Waals surface area contributed by atoms with Gasteiger partial charge >= 0.3 is 12.2 Å². The number of urea groups is 1. The molecule has 7 rings (SSSR count). The number of alkyl halides is 3. The lowest BCUT2D eigenvalue weighted by atomic mass is 10.1. The average Bonchev–Trinajstić information content (AvgIpc) is 3.88. The number of benzene rings is 1. The minimum atomic E-state index is -4.65. The summed E-state index contributed by atoms with van der Waals surface area (Å²) >= 11 is 0.784. The van der Waals surface area contributed by atoms with Crippen molar-refractivity contribution >= 4 is 50.1 Å². The van der Waals surface area contributed by atoms with E-state index in [9.17, 15) is 36.0 Å². The van der Waals surface area contributed by atoms with Gasteiger partial charge in [0.25, 0.3) is 5.91 Å². The number of ether oxygens (including phenoxy) is 2. The second kappa shape index (κ2) is 13.7. The molecule has 4 heterocycles. The normalized spacial score (nSPS) is 26.3. The molecule has 54 heavy (non-hydrogen) atoms. The predicted molar refractivity (Wildman–Crippen MR) is 193 cm³/mol. The van der Waals surface area contributed by atoms with Gasteiger partial charge in [-0.05, 0) is 64.5 Å². The zero-order chi connectivity index (χ0) is 38.8. The van der Waals surface area contributed by atoms with Crippen molar-refractivity contribution in [1.82, 2.24) is 29.8 Å². The highest BCUT2D eigenvalue weighted by atomic mass is 32.2. The number of hydrogen-bond acceptors (Lipinski definition) is 10. The molecular formula is C36H41F3N6O7S2. The van der Waals surface area contributed by atoms with E-state index in [0.717, 1.165) is 23.1 Å². The molecule has 1 saturated heterocycles. The lowest BCUT2D eigenvalue weighted by Gasteiger charge is -2.30. The highest BCUT2D eigenvalue weighted by Gasteiger charge is 2.63. The topological polar surface area (TPSA) is 160 Å². The van der Waals surface area contributed by atoms with Crippen molar-refractivity contribution in [2.75, 3.05) is 27.2 Å². The summed E-state index contributed by atoms with van der Waals surface area (Å²) in [5.41, 5.74) is -1.43. The maximum absolute atomic E-state index is 14.2. The number of pyridine rings is 1. The Morgan fingerprint density at radius 2 is 1.91 bits per heavy atom. The molecule has 2 saturated carbocycles. The predicted octanol–water partition coefficient (Wildman–Crippen LogP) is 5.18. The van der Waals surface area contributed by atoms with E-state index in [4.69, 9.17) is 9.47 Å². The Bertz CT molecular complexity index is 2150. The Labute approximate surface area is 314 Å². The van der Waals surface area contributed by atoms with Crippen LogP contribution in [-0.2, 0) is 25.8 Å². The van der Waals surface area contributed by atoms with Crippen LogP contribution in [-0.4, -0.2) is 95.7 Å². The van der Waals surface area contributed by atoms with E-state index >= 15 is 0 Å². The summed E-state index contributed by atoms with van der Waals surface area (Å²) in [7, 11) is -0.852. The van der Waals surface area contributed by atoms with E-state index in [2.05, 4.69) is 20.0 Å². The summed E-state index contributed by atoms with van der Waals surface area (Å²) in [6.07, 6.45) is 1.56. The maximum atomic E-state index is 14.2. The highest BCUT2D eigenvalue weighted by molar-refractivity contribution is 7.91. The number of allylic oxidation sites excluding steroid dienone is 1. The molecule has 2 N–H and O–H groups in total. The Hall–Kier alpha value is -4.45. The summed E-state index contributed by atoms with van der Waals surface area (Å²) in [6.45, 7) is 3.69. The number of nitrogens with one attached hydrogen (secondary N) is 2. The van der Waals surface area contributed by atoms with Crippen LogP contribution in [0.15, 0.2) is 35.7 Å². The number of methoxy groups -OCH3 is 1. The number of thiazole rings is 1. The van der Waals surface area contributed by atoms with Gasteiger partial charge in [-0.3, -0.25) is 14.3 Å². The summed E-state index contributed by atoms with van der Waals surface area (Å²) in [5, 5.41) is 4.27.